The second-order valence-electron chi connectivity index (χ2n) is 4.09. The standard InChI is InChI=1S/C16H11NO3/c1-20-14-7-6-13(10-18)15(8-14)16(19)12-4-2-11(9-17)3-5-12/h2-8,10H,1H3. The van der Waals surface area contributed by atoms with Crippen LogP contribution in [0.2, 0.25) is 0 Å². The van der Waals surface area contributed by atoms with E-state index in [-0.39, 0.29) is 11.3 Å². The monoisotopic (exact) mass is 265 g/mol. The van der Waals surface area contributed by atoms with Crippen LogP contribution in [0.1, 0.15) is 31.8 Å². The zero-order chi connectivity index (χ0) is 14.5. The van der Waals surface area contributed by atoms with E-state index >= 15 is 0 Å². The molecule has 0 unspecified atom stereocenters. The van der Waals surface area contributed by atoms with E-state index in [9.17, 15) is 9.59 Å². The first kappa shape index (κ1) is 13.5. The van der Waals surface area contributed by atoms with Crippen LogP contribution in [0.25, 0.3) is 0 Å². The van der Waals surface area contributed by atoms with Gasteiger partial charge in [0.05, 0.1) is 18.7 Å². The minimum atomic E-state index is -0.282. The SMILES string of the molecule is COc1ccc(C=O)c(C(=O)c2ccc(C#N)cc2)c1. The zero-order valence-corrected chi connectivity index (χ0v) is 10.8. The van der Waals surface area contributed by atoms with E-state index in [0.717, 1.165) is 0 Å². The van der Waals surface area contributed by atoms with Crippen molar-refractivity contribution in [1.29, 1.82) is 5.26 Å². The van der Waals surface area contributed by atoms with Crippen LogP contribution in [-0.4, -0.2) is 19.2 Å². The van der Waals surface area contributed by atoms with Gasteiger partial charge in [0.2, 0.25) is 0 Å². The fraction of sp³-hybridized carbons (Fsp3) is 0.0625. The lowest BCUT2D eigenvalue weighted by Gasteiger charge is -2.07. The van der Waals surface area contributed by atoms with E-state index in [1.807, 2.05) is 6.07 Å². The summed E-state index contributed by atoms with van der Waals surface area (Å²) in [4.78, 5) is 23.4. The third kappa shape index (κ3) is 2.57. The Labute approximate surface area is 116 Å². The number of methoxy groups -OCH3 is 1. The Morgan fingerprint density at radius 3 is 2.45 bits per heavy atom. The number of rotatable bonds is 4. The van der Waals surface area contributed by atoms with Gasteiger partial charge in [-0.05, 0) is 42.5 Å². The molecule has 2 aromatic rings. The van der Waals surface area contributed by atoms with E-state index in [2.05, 4.69) is 0 Å². The molecule has 98 valence electrons. The van der Waals surface area contributed by atoms with Crippen LogP contribution in [0.3, 0.4) is 0 Å². The van der Waals surface area contributed by atoms with E-state index in [1.54, 1.807) is 36.4 Å². The number of aldehydes is 1. The first-order valence-corrected chi connectivity index (χ1v) is 5.87. The normalized spacial score (nSPS) is 9.60. The highest BCUT2D eigenvalue weighted by molar-refractivity contribution is 6.13. The molecule has 0 N–H and O–H groups in total. The lowest BCUT2D eigenvalue weighted by molar-refractivity contribution is 0.102. The largest absolute Gasteiger partial charge is 0.497 e. The molecule has 0 bridgehead atoms. The molecule has 0 aliphatic rings. The van der Waals surface area contributed by atoms with Crippen LogP contribution in [0.5, 0.6) is 5.75 Å². The molecule has 20 heavy (non-hydrogen) atoms. The quantitative estimate of drug-likeness (QED) is 0.629. The van der Waals surface area contributed by atoms with Crippen molar-refractivity contribution in [2.45, 2.75) is 0 Å². The molecule has 2 aromatic carbocycles. The molecule has 4 nitrogen and oxygen atoms in total. The molecule has 2 rings (SSSR count). The van der Waals surface area contributed by atoms with Crippen molar-refractivity contribution in [3.8, 4) is 11.8 Å². The Morgan fingerprint density at radius 2 is 1.90 bits per heavy atom. The summed E-state index contributed by atoms with van der Waals surface area (Å²) in [5.74, 6) is 0.225. The van der Waals surface area contributed by atoms with Gasteiger partial charge in [0, 0.05) is 16.7 Å². The van der Waals surface area contributed by atoms with Crippen LogP contribution >= 0.6 is 0 Å². The summed E-state index contributed by atoms with van der Waals surface area (Å²) in [5, 5.41) is 8.74. The molecule has 0 fully saturated rings. The number of ketones is 1. The minimum absolute atomic E-state index is 0.282. The van der Waals surface area contributed by atoms with E-state index < -0.39 is 0 Å². The van der Waals surface area contributed by atoms with Gasteiger partial charge in [0.25, 0.3) is 0 Å². The molecule has 0 amide bonds. The molecule has 0 atom stereocenters. The highest BCUT2D eigenvalue weighted by Crippen LogP contribution is 2.20. The van der Waals surface area contributed by atoms with Gasteiger partial charge in [-0.2, -0.15) is 5.26 Å². The van der Waals surface area contributed by atoms with E-state index in [0.29, 0.717) is 28.7 Å². The van der Waals surface area contributed by atoms with Gasteiger partial charge >= 0.3 is 0 Å². The maximum atomic E-state index is 12.4. The fourth-order valence-electron chi connectivity index (χ4n) is 1.81. The average Bonchev–Trinajstić information content (AvgIpc) is 2.53. The second-order valence-corrected chi connectivity index (χ2v) is 4.09. The lowest BCUT2D eigenvalue weighted by Crippen LogP contribution is -2.05. The van der Waals surface area contributed by atoms with Gasteiger partial charge in [0.15, 0.2) is 12.1 Å². The van der Waals surface area contributed by atoms with Crippen LogP contribution < -0.4 is 4.74 Å². The van der Waals surface area contributed by atoms with Gasteiger partial charge in [0.1, 0.15) is 5.75 Å². The Bertz CT molecular complexity index is 697. The number of nitrogens with zero attached hydrogens (tertiary/aromatic N) is 1. The highest BCUT2D eigenvalue weighted by Gasteiger charge is 2.14. The predicted octanol–water partition coefficient (Wildman–Crippen LogP) is 2.61. The first-order valence-electron chi connectivity index (χ1n) is 5.87. The Hall–Kier alpha value is -2.93. The maximum Gasteiger partial charge on any atom is 0.193 e. The number of hydrogen-bond acceptors (Lipinski definition) is 4. The van der Waals surface area contributed by atoms with Crippen molar-refractivity contribution in [2.24, 2.45) is 0 Å². The molecular weight excluding hydrogens is 254 g/mol. The first-order chi connectivity index (χ1) is 9.69. The number of nitriles is 1. The number of carbonyl (C=O) groups excluding carboxylic acids is 2. The summed E-state index contributed by atoms with van der Waals surface area (Å²) >= 11 is 0. The molecule has 0 saturated heterocycles. The summed E-state index contributed by atoms with van der Waals surface area (Å²) in [6, 6.07) is 12.9. The molecular formula is C16H11NO3. The van der Waals surface area contributed by atoms with Crippen molar-refractivity contribution >= 4 is 12.1 Å². The van der Waals surface area contributed by atoms with Gasteiger partial charge < -0.3 is 4.74 Å². The van der Waals surface area contributed by atoms with Crippen molar-refractivity contribution in [3.63, 3.8) is 0 Å². The molecule has 0 saturated carbocycles. The van der Waals surface area contributed by atoms with Gasteiger partial charge in [-0.1, -0.05) is 0 Å². The Balaban J connectivity index is 2.46. The third-order valence-corrected chi connectivity index (χ3v) is 2.91. The van der Waals surface area contributed by atoms with E-state index in [4.69, 9.17) is 10.00 Å². The minimum Gasteiger partial charge on any atom is -0.497 e. The highest BCUT2D eigenvalue weighted by atomic mass is 16.5. The number of carbonyl (C=O) groups is 2. The number of benzene rings is 2. The molecule has 0 aliphatic heterocycles. The Morgan fingerprint density at radius 1 is 1.20 bits per heavy atom. The molecule has 4 heteroatoms. The van der Waals surface area contributed by atoms with Gasteiger partial charge in [-0.25, -0.2) is 0 Å². The van der Waals surface area contributed by atoms with Crippen LogP contribution in [0.15, 0.2) is 42.5 Å². The average molecular weight is 265 g/mol. The number of ether oxygens (including phenoxy) is 1. The summed E-state index contributed by atoms with van der Waals surface area (Å²) < 4.78 is 5.07. The summed E-state index contributed by atoms with van der Waals surface area (Å²) in [6.07, 6.45) is 0.635. The van der Waals surface area contributed by atoms with Gasteiger partial charge in [-0.3, -0.25) is 9.59 Å². The van der Waals surface area contributed by atoms with Gasteiger partial charge in [-0.15, -0.1) is 0 Å². The second kappa shape index (κ2) is 5.81. The molecule has 0 heterocycles. The van der Waals surface area contributed by atoms with Crippen molar-refractivity contribution in [1.82, 2.24) is 0 Å². The van der Waals surface area contributed by atoms with E-state index in [1.165, 1.54) is 13.2 Å². The third-order valence-electron chi connectivity index (χ3n) is 2.91. The summed E-state index contributed by atoms with van der Waals surface area (Å²) in [6.45, 7) is 0. The molecule has 0 aliphatic carbocycles. The molecule has 0 radical (unpaired) electrons. The fourth-order valence-corrected chi connectivity index (χ4v) is 1.81. The Kier molecular flexibility index (Phi) is 3.92. The van der Waals surface area contributed by atoms with Crippen molar-refractivity contribution in [2.75, 3.05) is 7.11 Å². The predicted molar refractivity (Wildman–Crippen MR) is 73.0 cm³/mol. The van der Waals surface area contributed by atoms with Crippen LogP contribution in [-0.2, 0) is 0 Å². The smallest absolute Gasteiger partial charge is 0.193 e. The van der Waals surface area contributed by atoms with Crippen molar-refractivity contribution < 1.29 is 14.3 Å². The summed E-state index contributed by atoms with van der Waals surface area (Å²) in [5.41, 5.74) is 1.48. The zero-order valence-electron chi connectivity index (χ0n) is 10.8. The number of hydrogen-bond donors (Lipinski definition) is 0. The molecule has 0 aromatic heterocycles. The van der Waals surface area contributed by atoms with Crippen LogP contribution in [0.4, 0.5) is 0 Å². The maximum absolute atomic E-state index is 12.4. The lowest BCUT2D eigenvalue weighted by atomic mass is 9.98. The van der Waals surface area contributed by atoms with Crippen molar-refractivity contribution in [3.05, 3.63) is 64.7 Å². The summed E-state index contributed by atoms with van der Waals surface area (Å²) in [7, 11) is 1.49. The van der Waals surface area contributed by atoms with Crippen LogP contribution in [0, 0.1) is 11.3 Å². The molecule has 0 spiro atoms. The topological polar surface area (TPSA) is 67.2 Å².